The Morgan fingerprint density at radius 1 is 1.00 bits per heavy atom. The maximum atomic E-state index is 13.0. The minimum atomic E-state index is -0.368. The van der Waals surface area contributed by atoms with Crippen molar-refractivity contribution < 1.29 is 19.0 Å². The number of benzene rings is 3. The first-order valence-electron chi connectivity index (χ1n) is 9.51. The monoisotopic (exact) mass is 422 g/mol. The van der Waals surface area contributed by atoms with Gasteiger partial charge in [0, 0.05) is 17.5 Å². The summed E-state index contributed by atoms with van der Waals surface area (Å²) in [4.78, 5) is 18.1. The van der Waals surface area contributed by atoms with E-state index in [4.69, 9.17) is 14.2 Å². The molecule has 0 atom stereocenters. The number of hydrogen-bond acceptors (Lipinski definition) is 5. The molecule has 30 heavy (non-hydrogen) atoms. The quantitative estimate of drug-likeness (QED) is 0.470. The molecular formula is C23H22N2O4S. The van der Waals surface area contributed by atoms with Gasteiger partial charge in [-0.15, -0.1) is 0 Å². The first-order valence-corrected chi connectivity index (χ1v) is 10.3. The van der Waals surface area contributed by atoms with Gasteiger partial charge in [-0.1, -0.05) is 41.7 Å². The molecule has 0 unspecified atom stereocenters. The van der Waals surface area contributed by atoms with Gasteiger partial charge in [0.05, 0.1) is 31.5 Å². The highest BCUT2D eigenvalue weighted by molar-refractivity contribution is 7.17. The summed E-state index contributed by atoms with van der Waals surface area (Å²) in [5.74, 6) is 0.906. The largest absolute Gasteiger partial charge is 0.493 e. The lowest BCUT2D eigenvalue weighted by atomic mass is 10.1. The Bertz CT molecular complexity index is 1300. The SMILES string of the molecule is CCn1c(=NC(=O)c2cc(OC)c(OC)c(OC)c2)sc2c3ccccc3ccc21. The third-order valence-electron chi connectivity index (χ3n) is 5.00. The summed E-state index contributed by atoms with van der Waals surface area (Å²) in [5, 5.41) is 2.32. The summed E-state index contributed by atoms with van der Waals surface area (Å²) in [6, 6.07) is 15.6. The molecule has 154 valence electrons. The Hall–Kier alpha value is -3.32. The normalized spacial score (nSPS) is 11.8. The van der Waals surface area contributed by atoms with Crippen molar-refractivity contribution in [2.75, 3.05) is 21.3 Å². The molecule has 0 N–H and O–H groups in total. The average Bonchev–Trinajstić information content (AvgIpc) is 3.15. The summed E-state index contributed by atoms with van der Waals surface area (Å²) in [7, 11) is 4.56. The van der Waals surface area contributed by atoms with Crippen molar-refractivity contribution in [1.82, 2.24) is 4.57 Å². The summed E-state index contributed by atoms with van der Waals surface area (Å²) in [5.41, 5.74) is 1.44. The number of ether oxygens (including phenoxy) is 3. The van der Waals surface area contributed by atoms with E-state index in [0.29, 0.717) is 34.2 Å². The number of amides is 1. The number of carbonyl (C=O) groups excluding carboxylic acids is 1. The lowest BCUT2D eigenvalue weighted by Crippen LogP contribution is -2.16. The summed E-state index contributed by atoms with van der Waals surface area (Å²) in [6.07, 6.45) is 0. The number of aryl methyl sites for hydroxylation is 1. The van der Waals surface area contributed by atoms with E-state index in [1.54, 1.807) is 12.1 Å². The summed E-state index contributed by atoms with van der Waals surface area (Å²) in [6.45, 7) is 2.75. The van der Waals surface area contributed by atoms with Gasteiger partial charge >= 0.3 is 0 Å². The number of thiazole rings is 1. The number of methoxy groups -OCH3 is 3. The van der Waals surface area contributed by atoms with Crippen LogP contribution in [0.15, 0.2) is 53.5 Å². The number of aromatic nitrogens is 1. The van der Waals surface area contributed by atoms with Crippen LogP contribution in [0.1, 0.15) is 17.3 Å². The average molecular weight is 423 g/mol. The predicted octanol–water partition coefficient (Wildman–Crippen LogP) is 4.64. The van der Waals surface area contributed by atoms with E-state index in [9.17, 15) is 4.79 Å². The molecule has 0 spiro atoms. The van der Waals surface area contributed by atoms with Crippen molar-refractivity contribution in [1.29, 1.82) is 0 Å². The topological polar surface area (TPSA) is 62.1 Å². The standard InChI is InChI=1S/C23H22N2O4S/c1-5-25-17-11-10-14-8-6-7-9-16(14)21(17)30-23(25)24-22(26)15-12-18(27-2)20(29-4)19(13-15)28-3/h6-13H,5H2,1-4H3. The van der Waals surface area contributed by atoms with Crippen LogP contribution in [-0.4, -0.2) is 31.8 Å². The van der Waals surface area contributed by atoms with Crippen LogP contribution in [0.4, 0.5) is 0 Å². The molecule has 3 aromatic carbocycles. The zero-order valence-corrected chi connectivity index (χ0v) is 18.1. The summed E-state index contributed by atoms with van der Waals surface area (Å²) >= 11 is 1.52. The number of fused-ring (bicyclic) bond motifs is 3. The molecule has 7 heteroatoms. The second-order valence-corrected chi connectivity index (χ2v) is 7.57. The fraction of sp³-hybridized carbons (Fsp3) is 0.217. The van der Waals surface area contributed by atoms with E-state index in [1.165, 1.54) is 32.7 Å². The smallest absolute Gasteiger partial charge is 0.279 e. The van der Waals surface area contributed by atoms with Crippen LogP contribution in [0.2, 0.25) is 0 Å². The zero-order valence-electron chi connectivity index (χ0n) is 17.3. The fourth-order valence-electron chi connectivity index (χ4n) is 3.55. The van der Waals surface area contributed by atoms with Crippen molar-refractivity contribution in [3.05, 3.63) is 58.9 Å². The number of carbonyl (C=O) groups is 1. The van der Waals surface area contributed by atoms with E-state index in [0.717, 1.165) is 21.0 Å². The first-order chi connectivity index (χ1) is 14.6. The Morgan fingerprint density at radius 2 is 1.70 bits per heavy atom. The number of hydrogen-bond donors (Lipinski definition) is 0. The number of nitrogens with zero attached hydrogens (tertiary/aromatic N) is 2. The van der Waals surface area contributed by atoms with Gasteiger partial charge in [0.25, 0.3) is 5.91 Å². The van der Waals surface area contributed by atoms with Crippen molar-refractivity contribution in [3.63, 3.8) is 0 Å². The van der Waals surface area contributed by atoms with Crippen LogP contribution in [-0.2, 0) is 6.54 Å². The van der Waals surface area contributed by atoms with Gasteiger partial charge in [-0.2, -0.15) is 4.99 Å². The highest BCUT2D eigenvalue weighted by Crippen LogP contribution is 2.38. The van der Waals surface area contributed by atoms with Gasteiger partial charge in [-0.05, 0) is 30.5 Å². The molecule has 1 aromatic heterocycles. The maximum absolute atomic E-state index is 13.0. The van der Waals surface area contributed by atoms with Crippen molar-refractivity contribution in [2.45, 2.75) is 13.5 Å². The molecule has 0 fully saturated rings. The van der Waals surface area contributed by atoms with E-state index < -0.39 is 0 Å². The van der Waals surface area contributed by atoms with Crippen LogP contribution in [0.25, 0.3) is 21.0 Å². The molecule has 4 rings (SSSR count). The molecule has 4 aromatic rings. The fourth-order valence-corrected chi connectivity index (χ4v) is 4.77. The van der Waals surface area contributed by atoms with Gasteiger partial charge < -0.3 is 18.8 Å². The number of rotatable bonds is 5. The predicted molar refractivity (Wildman–Crippen MR) is 119 cm³/mol. The van der Waals surface area contributed by atoms with E-state index in [2.05, 4.69) is 33.8 Å². The minimum Gasteiger partial charge on any atom is -0.493 e. The maximum Gasteiger partial charge on any atom is 0.279 e. The van der Waals surface area contributed by atoms with Crippen molar-refractivity contribution in [2.24, 2.45) is 4.99 Å². The summed E-state index contributed by atoms with van der Waals surface area (Å²) < 4.78 is 19.2. The Morgan fingerprint density at radius 3 is 2.33 bits per heavy atom. The molecule has 0 aliphatic heterocycles. The van der Waals surface area contributed by atoms with Crippen LogP contribution >= 0.6 is 11.3 Å². The molecule has 0 saturated carbocycles. The van der Waals surface area contributed by atoms with Crippen molar-refractivity contribution >= 4 is 38.2 Å². The Labute approximate surface area is 178 Å². The lowest BCUT2D eigenvalue weighted by molar-refractivity contribution is 0.0997. The van der Waals surface area contributed by atoms with Crippen molar-refractivity contribution in [3.8, 4) is 17.2 Å². The molecule has 6 nitrogen and oxygen atoms in total. The molecule has 0 bridgehead atoms. The zero-order chi connectivity index (χ0) is 21.3. The second-order valence-electron chi connectivity index (χ2n) is 6.59. The molecule has 0 aliphatic carbocycles. The van der Waals surface area contributed by atoms with E-state index in [1.807, 2.05) is 19.1 Å². The van der Waals surface area contributed by atoms with Crippen LogP contribution < -0.4 is 19.0 Å². The lowest BCUT2D eigenvalue weighted by Gasteiger charge is -2.12. The third-order valence-corrected chi connectivity index (χ3v) is 6.13. The van der Waals surface area contributed by atoms with Crippen LogP contribution in [0, 0.1) is 0 Å². The highest BCUT2D eigenvalue weighted by Gasteiger charge is 2.17. The molecule has 0 aliphatic rings. The van der Waals surface area contributed by atoms with Gasteiger partial charge in [0.1, 0.15) is 0 Å². The van der Waals surface area contributed by atoms with Crippen LogP contribution in [0.3, 0.4) is 0 Å². The Kier molecular flexibility index (Phi) is 5.46. The minimum absolute atomic E-state index is 0.368. The molecule has 1 amide bonds. The molecule has 1 heterocycles. The van der Waals surface area contributed by atoms with Gasteiger partial charge in [0.2, 0.25) is 5.75 Å². The molecule has 0 saturated heterocycles. The van der Waals surface area contributed by atoms with Gasteiger partial charge in [-0.25, -0.2) is 0 Å². The molecule has 0 radical (unpaired) electrons. The Balaban J connectivity index is 1.89. The first kappa shape index (κ1) is 20.0. The van der Waals surface area contributed by atoms with E-state index >= 15 is 0 Å². The van der Waals surface area contributed by atoms with E-state index in [-0.39, 0.29) is 5.91 Å². The van der Waals surface area contributed by atoms with Gasteiger partial charge in [0.15, 0.2) is 16.3 Å². The van der Waals surface area contributed by atoms with Gasteiger partial charge in [-0.3, -0.25) is 4.79 Å². The highest BCUT2D eigenvalue weighted by atomic mass is 32.1. The third kappa shape index (κ3) is 3.31. The second kappa shape index (κ2) is 8.20. The molecular weight excluding hydrogens is 400 g/mol. The van der Waals surface area contributed by atoms with Crippen LogP contribution in [0.5, 0.6) is 17.2 Å².